The van der Waals surface area contributed by atoms with Crippen molar-refractivity contribution in [2.45, 2.75) is 26.4 Å². The number of carbonyl (C=O) groups is 1. The van der Waals surface area contributed by atoms with Crippen molar-refractivity contribution in [2.24, 2.45) is 0 Å². The van der Waals surface area contributed by atoms with Crippen molar-refractivity contribution >= 4 is 6.29 Å². The van der Waals surface area contributed by atoms with Crippen molar-refractivity contribution in [3.8, 4) is 0 Å². The van der Waals surface area contributed by atoms with Crippen LogP contribution in [0.4, 0.5) is 0 Å². The molecular formula is C11H14O2. The van der Waals surface area contributed by atoms with Gasteiger partial charge in [-0.15, -0.1) is 0 Å². The van der Waals surface area contributed by atoms with Crippen LogP contribution in [0.1, 0.15) is 35.3 Å². The quantitative estimate of drug-likeness (QED) is 0.703. The zero-order valence-electron chi connectivity index (χ0n) is 8.16. The number of aryl methyl sites for hydroxylation is 1. The first-order valence-electron chi connectivity index (χ1n) is 4.24. The Morgan fingerprint density at radius 3 is 2.38 bits per heavy atom. The van der Waals surface area contributed by atoms with Crippen molar-refractivity contribution in [3.05, 3.63) is 34.9 Å². The summed E-state index contributed by atoms with van der Waals surface area (Å²) >= 11 is 0. The highest BCUT2D eigenvalue weighted by Crippen LogP contribution is 2.23. The van der Waals surface area contributed by atoms with E-state index in [1.807, 2.05) is 6.92 Å². The van der Waals surface area contributed by atoms with Crippen molar-refractivity contribution in [1.82, 2.24) is 0 Å². The van der Waals surface area contributed by atoms with Gasteiger partial charge in [0.2, 0.25) is 0 Å². The molecule has 13 heavy (non-hydrogen) atoms. The molecule has 0 radical (unpaired) electrons. The molecular weight excluding hydrogens is 164 g/mol. The molecule has 0 fully saturated rings. The Balaban J connectivity index is 3.20. The monoisotopic (exact) mass is 178 g/mol. The van der Waals surface area contributed by atoms with E-state index < -0.39 is 5.60 Å². The van der Waals surface area contributed by atoms with Gasteiger partial charge in [0.25, 0.3) is 0 Å². The molecule has 0 saturated heterocycles. The summed E-state index contributed by atoms with van der Waals surface area (Å²) in [6.07, 6.45) is 0.807. The number of aldehydes is 1. The molecule has 0 aliphatic carbocycles. The minimum atomic E-state index is -0.842. The van der Waals surface area contributed by atoms with Gasteiger partial charge < -0.3 is 5.11 Å². The molecule has 2 heteroatoms. The standard InChI is InChI=1S/C11H14O2/c1-8-6-9(7-12)4-5-10(8)11(2,3)13/h4-7,13H,1-3H3. The zero-order valence-corrected chi connectivity index (χ0v) is 8.16. The first kappa shape index (κ1) is 9.93. The summed E-state index contributed by atoms with van der Waals surface area (Å²) in [5.41, 5.74) is 1.60. The van der Waals surface area contributed by atoms with E-state index in [4.69, 9.17) is 0 Å². The van der Waals surface area contributed by atoms with Crippen LogP contribution in [-0.2, 0) is 5.60 Å². The summed E-state index contributed by atoms with van der Waals surface area (Å²) < 4.78 is 0. The van der Waals surface area contributed by atoms with Gasteiger partial charge in [0, 0.05) is 5.56 Å². The Morgan fingerprint density at radius 2 is 2.00 bits per heavy atom. The molecule has 1 aromatic carbocycles. The second-order valence-electron chi connectivity index (χ2n) is 3.75. The molecule has 0 unspecified atom stereocenters. The maximum Gasteiger partial charge on any atom is 0.150 e. The van der Waals surface area contributed by atoms with E-state index in [1.54, 1.807) is 32.0 Å². The van der Waals surface area contributed by atoms with Crippen molar-refractivity contribution in [1.29, 1.82) is 0 Å². The van der Waals surface area contributed by atoms with E-state index in [1.165, 1.54) is 0 Å². The van der Waals surface area contributed by atoms with Crippen LogP contribution in [0.5, 0.6) is 0 Å². The number of rotatable bonds is 2. The van der Waals surface area contributed by atoms with Crippen LogP contribution in [-0.4, -0.2) is 11.4 Å². The lowest BCUT2D eigenvalue weighted by atomic mass is 9.93. The lowest BCUT2D eigenvalue weighted by Crippen LogP contribution is -2.17. The number of benzene rings is 1. The van der Waals surface area contributed by atoms with Gasteiger partial charge in [-0.1, -0.05) is 12.1 Å². The Morgan fingerprint density at radius 1 is 1.38 bits per heavy atom. The van der Waals surface area contributed by atoms with Gasteiger partial charge in [0.1, 0.15) is 6.29 Å². The van der Waals surface area contributed by atoms with Gasteiger partial charge in [-0.3, -0.25) is 4.79 Å². The first-order valence-corrected chi connectivity index (χ1v) is 4.24. The van der Waals surface area contributed by atoms with Gasteiger partial charge in [0.05, 0.1) is 5.60 Å². The predicted molar refractivity (Wildman–Crippen MR) is 51.8 cm³/mol. The van der Waals surface area contributed by atoms with Crippen LogP contribution >= 0.6 is 0 Å². The van der Waals surface area contributed by atoms with E-state index in [-0.39, 0.29) is 0 Å². The molecule has 70 valence electrons. The molecule has 0 aliphatic heterocycles. The molecule has 0 aromatic heterocycles. The highest BCUT2D eigenvalue weighted by Gasteiger charge is 2.17. The molecule has 0 aliphatic rings. The first-order chi connectivity index (χ1) is 5.95. The minimum Gasteiger partial charge on any atom is -0.386 e. The summed E-state index contributed by atoms with van der Waals surface area (Å²) in [4.78, 5) is 10.5. The largest absolute Gasteiger partial charge is 0.386 e. The van der Waals surface area contributed by atoms with E-state index in [2.05, 4.69) is 0 Å². The smallest absolute Gasteiger partial charge is 0.150 e. The third kappa shape index (κ3) is 2.16. The summed E-state index contributed by atoms with van der Waals surface area (Å²) in [6.45, 7) is 5.35. The van der Waals surface area contributed by atoms with Gasteiger partial charge in [-0.2, -0.15) is 0 Å². The SMILES string of the molecule is Cc1cc(C=O)ccc1C(C)(C)O. The van der Waals surface area contributed by atoms with E-state index >= 15 is 0 Å². The second-order valence-corrected chi connectivity index (χ2v) is 3.75. The average Bonchev–Trinajstić information content (AvgIpc) is 2.01. The van der Waals surface area contributed by atoms with Crippen LogP contribution in [0.15, 0.2) is 18.2 Å². The Bertz CT molecular complexity index is 321. The van der Waals surface area contributed by atoms with Crippen molar-refractivity contribution in [3.63, 3.8) is 0 Å². The maximum atomic E-state index is 10.5. The van der Waals surface area contributed by atoms with Crippen LogP contribution in [0.25, 0.3) is 0 Å². The topological polar surface area (TPSA) is 37.3 Å². The molecule has 0 saturated carbocycles. The molecule has 1 rings (SSSR count). The number of carbonyl (C=O) groups excluding carboxylic acids is 1. The van der Waals surface area contributed by atoms with Crippen LogP contribution in [0, 0.1) is 6.92 Å². The Labute approximate surface area is 78.2 Å². The van der Waals surface area contributed by atoms with E-state index in [0.717, 1.165) is 17.4 Å². The van der Waals surface area contributed by atoms with E-state index in [9.17, 15) is 9.90 Å². The molecule has 1 N–H and O–H groups in total. The third-order valence-electron chi connectivity index (χ3n) is 2.05. The molecule has 0 amide bonds. The highest BCUT2D eigenvalue weighted by molar-refractivity contribution is 5.75. The summed E-state index contributed by atoms with van der Waals surface area (Å²) in [5.74, 6) is 0. The van der Waals surface area contributed by atoms with Gasteiger partial charge in [-0.25, -0.2) is 0 Å². The zero-order chi connectivity index (χ0) is 10.1. The van der Waals surface area contributed by atoms with Gasteiger partial charge in [0.15, 0.2) is 0 Å². The highest BCUT2D eigenvalue weighted by atomic mass is 16.3. The minimum absolute atomic E-state index is 0.644. The van der Waals surface area contributed by atoms with Crippen LogP contribution < -0.4 is 0 Å². The summed E-state index contributed by atoms with van der Waals surface area (Å²) in [6, 6.07) is 5.28. The number of hydrogen-bond acceptors (Lipinski definition) is 2. The molecule has 0 heterocycles. The third-order valence-corrected chi connectivity index (χ3v) is 2.05. The Hall–Kier alpha value is -1.15. The Kier molecular flexibility index (Phi) is 2.52. The molecule has 1 aromatic rings. The van der Waals surface area contributed by atoms with Crippen molar-refractivity contribution < 1.29 is 9.90 Å². The average molecular weight is 178 g/mol. The number of hydrogen-bond donors (Lipinski definition) is 1. The lowest BCUT2D eigenvalue weighted by Gasteiger charge is -2.20. The fraction of sp³-hybridized carbons (Fsp3) is 0.364. The van der Waals surface area contributed by atoms with E-state index in [0.29, 0.717) is 5.56 Å². The van der Waals surface area contributed by atoms with Crippen LogP contribution in [0.3, 0.4) is 0 Å². The van der Waals surface area contributed by atoms with Gasteiger partial charge >= 0.3 is 0 Å². The van der Waals surface area contributed by atoms with Gasteiger partial charge in [-0.05, 0) is 38.0 Å². The molecule has 0 atom stereocenters. The fourth-order valence-electron chi connectivity index (χ4n) is 1.45. The van der Waals surface area contributed by atoms with Crippen LogP contribution in [0.2, 0.25) is 0 Å². The summed E-state index contributed by atoms with van der Waals surface area (Å²) in [7, 11) is 0. The molecule has 0 spiro atoms. The summed E-state index contributed by atoms with van der Waals surface area (Å²) in [5, 5.41) is 9.75. The second kappa shape index (κ2) is 3.30. The van der Waals surface area contributed by atoms with Crippen molar-refractivity contribution in [2.75, 3.05) is 0 Å². The fourth-order valence-corrected chi connectivity index (χ4v) is 1.45. The molecule has 0 bridgehead atoms. The number of aliphatic hydroxyl groups is 1. The lowest BCUT2D eigenvalue weighted by molar-refractivity contribution is 0.0778. The maximum absolute atomic E-state index is 10.5. The predicted octanol–water partition coefficient (Wildman–Crippen LogP) is 2.03. The molecule has 2 nitrogen and oxygen atoms in total. The normalized spacial score (nSPS) is 11.4.